The molecule has 1 rings (SSSR count). The maximum absolute atomic E-state index is 11.0. The van der Waals surface area contributed by atoms with E-state index < -0.39 is 0 Å². The summed E-state index contributed by atoms with van der Waals surface area (Å²) >= 11 is 1.41. The third kappa shape index (κ3) is 4.81. The largest absolute Gasteiger partial charge is 0.469 e. The molecule has 0 aliphatic carbocycles. The number of likely N-dealkylation sites (N-methyl/N-ethyl adjacent to an activating group) is 1. The first-order valence-electron chi connectivity index (χ1n) is 5.11. The molecule has 0 atom stereocenters. The van der Waals surface area contributed by atoms with Crippen molar-refractivity contribution < 1.29 is 14.3 Å². The van der Waals surface area contributed by atoms with Gasteiger partial charge in [-0.25, -0.2) is 4.98 Å². The lowest BCUT2D eigenvalue weighted by Gasteiger charge is -2.00. The van der Waals surface area contributed by atoms with Crippen LogP contribution in [-0.4, -0.2) is 37.6 Å². The highest BCUT2D eigenvalue weighted by Gasteiger charge is 2.06. The van der Waals surface area contributed by atoms with Gasteiger partial charge >= 0.3 is 5.97 Å². The van der Waals surface area contributed by atoms with Crippen molar-refractivity contribution in [2.24, 2.45) is 0 Å². The van der Waals surface area contributed by atoms with Gasteiger partial charge in [0.2, 0.25) is 5.91 Å². The van der Waals surface area contributed by atoms with Gasteiger partial charge in [0.1, 0.15) is 0 Å². The molecule has 0 aromatic carbocycles. The molecule has 1 amide bonds. The molecule has 0 saturated carbocycles. The molecule has 7 heteroatoms. The van der Waals surface area contributed by atoms with Gasteiger partial charge < -0.3 is 15.4 Å². The summed E-state index contributed by atoms with van der Waals surface area (Å²) in [5, 5.41) is 7.93. The highest BCUT2D eigenvalue weighted by atomic mass is 32.1. The summed E-state index contributed by atoms with van der Waals surface area (Å²) in [4.78, 5) is 26.2. The molecule has 17 heavy (non-hydrogen) atoms. The minimum Gasteiger partial charge on any atom is -0.469 e. The van der Waals surface area contributed by atoms with E-state index in [2.05, 4.69) is 20.4 Å². The molecule has 94 valence electrons. The third-order valence-electron chi connectivity index (χ3n) is 2.04. The number of rotatable bonds is 6. The molecule has 0 aliphatic heterocycles. The lowest BCUT2D eigenvalue weighted by Crippen LogP contribution is -2.26. The second kappa shape index (κ2) is 6.85. The Kier molecular flexibility index (Phi) is 5.41. The minimum atomic E-state index is -0.252. The van der Waals surface area contributed by atoms with Crippen LogP contribution in [-0.2, 0) is 20.7 Å². The van der Waals surface area contributed by atoms with Crippen LogP contribution < -0.4 is 10.6 Å². The van der Waals surface area contributed by atoms with E-state index in [4.69, 9.17) is 0 Å². The van der Waals surface area contributed by atoms with Gasteiger partial charge in [0.15, 0.2) is 5.13 Å². The molecule has 1 heterocycles. The van der Waals surface area contributed by atoms with Crippen molar-refractivity contribution in [3.63, 3.8) is 0 Å². The number of thiazole rings is 1. The Morgan fingerprint density at radius 3 is 2.94 bits per heavy atom. The fourth-order valence-corrected chi connectivity index (χ4v) is 1.82. The van der Waals surface area contributed by atoms with Gasteiger partial charge in [-0.15, -0.1) is 11.3 Å². The quantitative estimate of drug-likeness (QED) is 0.721. The molecule has 0 unspecified atom stereocenters. The van der Waals surface area contributed by atoms with Gasteiger partial charge in [-0.2, -0.15) is 0 Å². The Morgan fingerprint density at radius 2 is 2.29 bits per heavy atom. The zero-order chi connectivity index (χ0) is 12.7. The number of aromatic nitrogens is 1. The highest BCUT2D eigenvalue weighted by molar-refractivity contribution is 7.13. The Morgan fingerprint density at radius 1 is 1.53 bits per heavy atom. The molecule has 0 bridgehead atoms. The Bertz CT molecular complexity index is 357. The maximum Gasteiger partial charge on any atom is 0.305 e. The summed E-state index contributed by atoms with van der Waals surface area (Å²) in [6.07, 6.45) is 0.861. The van der Waals surface area contributed by atoms with Gasteiger partial charge in [-0.1, -0.05) is 0 Å². The van der Waals surface area contributed by atoms with Gasteiger partial charge in [-0.05, 0) is 0 Å². The van der Waals surface area contributed by atoms with Gasteiger partial charge in [0.05, 0.1) is 25.8 Å². The topological polar surface area (TPSA) is 80.3 Å². The monoisotopic (exact) mass is 257 g/mol. The van der Waals surface area contributed by atoms with Crippen molar-refractivity contribution in [2.45, 2.75) is 12.8 Å². The fraction of sp³-hybridized carbons (Fsp3) is 0.500. The SMILES string of the molecule is CNC(=O)CNc1nc(CCC(=O)OC)cs1. The number of ether oxygens (including phenoxy) is 1. The van der Waals surface area contributed by atoms with E-state index in [9.17, 15) is 9.59 Å². The van der Waals surface area contributed by atoms with Crippen molar-refractivity contribution in [3.8, 4) is 0 Å². The number of anilines is 1. The van der Waals surface area contributed by atoms with E-state index in [0.29, 0.717) is 18.0 Å². The van der Waals surface area contributed by atoms with Crippen LogP contribution in [0.25, 0.3) is 0 Å². The van der Waals surface area contributed by atoms with Crippen molar-refractivity contribution in [1.82, 2.24) is 10.3 Å². The standard InChI is InChI=1S/C10H15N3O3S/c1-11-8(14)5-12-10-13-7(6-17-10)3-4-9(15)16-2/h6H,3-5H2,1-2H3,(H,11,14)(H,12,13). The third-order valence-corrected chi connectivity index (χ3v) is 2.89. The van der Waals surface area contributed by atoms with Crippen LogP contribution in [0.3, 0.4) is 0 Å². The molecule has 1 aromatic rings. The number of nitrogens with zero attached hydrogens (tertiary/aromatic N) is 1. The van der Waals surface area contributed by atoms with Crippen LogP contribution in [0.15, 0.2) is 5.38 Å². The molecule has 0 fully saturated rings. The summed E-state index contributed by atoms with van der Waals surface area (Å²) in [5.41, 5.74) is 0.819. The lowest BCUT2D eigenvalue weighted by molar-refractivity contribution is -0.140. The molecule has 1 aromatic heterocycles. The van der Waals surface area contributed by atoms with Gasteiger partial charge in [0, 0.05) is 18.8 Å². The summed E-state index contributed by atoms with van der Waals surface area (Å²) in [5.74, 6) is -0.353. The lowest BCUT2D eigenvalue weighted by atomic mass is 10.2. The van der Waals surface area contributed by atoms with E-state index in [-0.39, 0.29) is 18.4 Å². The first kappa shape index (κ1) is 13.4. The van der Waals surface area contributed by atoms with Crippen LogP contribution in [0.4, 0.5) is 5.13 Å². The summed E-state index contributed by atoms with van der Waals surface area (Å²) in [7, 11) is 2.94. The molecule has 0 radical (unpaired) electrons. The maximum atomic E-state index is 11.0. The van der Waals surface area contributed by atoms with E-state index >= 15 is 0 Å². The van der Waals surface area contributed by atoms with E-state index in [0.717, 1.165) is 5.69 Å². The molecule has 6 nitrogen and oxygen atoms in total. The van der Waals surface area contributed by atoms with Crippen LogP contribution in [0.5, 0.6) is 0 Å². The number of esters is 1. The molecular weight excluding hydrogens is 242 g/mol. The molecule has 0 saturated heterocycles. The number of amides is 1. The van der Waals surface area contributed by atoms with Gasteiger partial charge in [0.25, 0.3) is 0 Å². The summed E-state index contributed by atoms with van der Waals surface area (Å²) in [6.45, 7) is 0.195. The second-order valence-electron chi connectivity index (χ2n) is 3.25. The van der Waals surface area contributed by atoms with Gasteiger partial charge in [-0.3, -0.25) is 9.59 Å². The molecule has 0 spiro atoms. The Balaban J connectivity index is 2.37. The highest BCUT2D eigenvalue weighted by Crippen LogP contribution is 2.16. The van der Waals surface area contributed by atoms with Crippen LogP contribution in [0, 0.1) is 0 Å². The fourth-order valence-electron chi connectivity index (χ4n) is 1.08. The van der Waals surface area contributed by atoms with E-state index in [1.165, 1.54) is 18.4 Å². The Hall–Kier alpha value is -1.63. The van der Waals surface area contributed by atoms with E-state index in [1.54, 1.807) is 7.05 Å². The zero-order valence-electron chi connectivity index (χ0n) is 9.78. The number of methoxy groups -OCH3 is 1. The Labute approximate surface area is 103 Å². The average molecular weight is 257 g/mol. The number of hydrogen-bond donors (Lipinski definition) is 2. The van der Waals surface area contributed by atoms with Crippen LogP contribution in [0.2, 0.25) is 0 Å². The first-order chi connectivity index (χ1) is 8.15. The smallest absolute Gasteiger partial charge is 0.305 e. The van der Waals surface area contributed by atoms with Crippen molar-refractivity contribution in [3.05, 3.63) is 11.1 Å². The second-order valence-corrected chi connectivity index (χ2v) is 4.10. The first-order valence-corrected chi connectivity index (χ1v) is 5.99. The van der Waals surface area contributed by atoms with Crippen LogP contribution in [0.1, 0.15) is 12.1 Å². The number of carbonyl (C=O) groups excluding carboxylic acids is 2. The molecular formula is C10H15N3O3S. The summed E-state index contributed by atoms with van der Waals surface area (Å²) < 4.78 is 4.54. The van der Waals surface area contributed by atoms with Crippen LogP contribution >= 0.6 is 11.3 Å². The van der Waals surface area contributed by atoms with Crippen molar-refractivity contribution in [2.75, 3.05) is 26.0 Å². The number of carbonyl (C=O) groups is 2. The average Bonchev–Trinajstić information content (AvgIpc) is 2.80. The summed E-state index contributed by atoms with van der Waals surface area (Å²) in [6, 6.07) is 0. The van der Waals surface area contributed by atoms with Crippen molar-refractivity contribution in [1.29, 1.82) is 0 Å². The normalized spacial score (nSPS) is 9.76. The van der Waals surface area contributed by atoms with E-state index in [1.807, 2.05) is 5.38 Å². The zero-order valence-corrected chi connectivity index (χ0v) is 10.6. The number of hydrogen-bond acceptors (Lipinski definition) is 6. The number of aryl methyl sites for hydroxylation is 1. The number of nitrogens with one attached hydrogen (secondary N) is 2. The predicted molar refractivity (Wildman–Crippen MR) is 65.0 cm³/mol. The predicted octanol–water partition coefficient (Wildman–Crippen LogP) is 0.407. The minimum absolute atomic E-state index is 0.101. The molecule has 0 aliphatic rings. The van der Waals surface area contributed by atoms with Crippen molar-refractivity contribution >= 4 is 28.3 Å². The molecule has 2 N–H and O–H groups in total.